The molecule has 4 aromatic rings. The smallest absolute Gasteiger partial charge is 0.358 e. The third-order valence-electron chi connectivity index (χ3n) is 7.25. The average molecular weight is 555 g/mol. The molecule has 0 radical (unpaired) electrons. The number of hydrogen-bond acceptors (Lipinski definition) is 7. The standard InChI is InChI=1S/C32H34N4O5/c1-35-26-11-7-8-12-28(26)41-21-25(31(35)37)33-18-17-27-30(32(38)40-3)34-29(19-22-9-5-4-6-10-22)36(27)20-23-13-15-24(39-2)16-14-23/h4-16,25,33H,17-21H2,1-3H3/t25-/m0/s1. The minimum atomic E-state index is -0.546. The van der Waals surface area contributed by atoms with E-state index in [1.807, 2.05) is 78.9 Å². The van der Waals surface area contributed by atoms with Crippen LogP contribution in [0, 0.1) is 0 Å². The van der Waals surface area contributed by atoms with Gasteiger partial charge in [-0.05, 0) is 35.4 Å². The van der Waals surface area contributed by atoms with Crippen LogP contribution in [0.4, 0.5) is 5.69 Å². The highest BCUT2D eigenvalue weighted by Gasteiger charge is 2.29. The Kier molecular flexibility index (Phi) is 8.64. The van der Waals surface area contributed by atoms with Gasteiger partial charge < -0.3 is 29.0 Å². The molecule has 3 aromatic carbocycles. The zero-order chi connectivity index (χ0) is 28.8. The molecular weight excluding hydrogens is 520 g/mol. The van der Waals surface area contributed by atoms with Gasteiger partial charge >= 0.3 is 5.97 Å². The quantitative estimate of drug-likeness (QED) is 0.298. The number of nitrogens with zero attached hydrogens (tertiary/aromatic N) is 3. The summed E-state index contributed by atoms with van der Waals surface area (Å²) in [7, 11) is 4.75. The van der Waals surface area contributed by atoms with Gasteiger partial charge in [0.05, 0.1) is 25.6 Å². The van der Waals surface area contributed by atoms with E-state index in [4.69, 9.17) is 19.2 Å². The predicted octanol–water partition coefficient (Wildman–Crippen LogP) is 3.87. The number of aromatic nitrogens is 2. The molecule has 0 aliphatic carbocycles. The Bertz CT molecular complexity index is 1500. The maximum atomic E-state index is 13.2. The third kappa shape index (κ3) is 6.25. The van der Waals surface area contributed by atoms with Crippen molar-refractivity contribution >= 4 is 17.6 Å². The van der Waals surface area contributed by atoms with E-state index in [2.05, 4.69) is 9.88 Å². The summed E-state index contributed by atoms with van der Waals surface area (Å²) in [4.78, 5) is 32.5. The van der Waals surface area contributed by atoms with Crippen molar-refractivity contribution in [1.82, 2.24) is 14.9 Å². The van der Waals surface area contributed by atoms with Crippen LogP contribution in [-0.4, -0.2) is 61.9 Å². The van der Waals surface area contributed by atoms with Crippen molar-refractivity contribution in [2.45, 2.75) is 25.4 Å². The lowest BCUT2D eigenvalue weighted by molar-refractivity contribution is -0.120. The third-order valence-corrected chi connectivity index (χ3v) is 7.25. The van der Waals surface area contributed by atoms with Crippen molar-refractivity contribution in [1.29, 1.82) is 0 Å². The van der Waals surface area contributed by atoms with Gasteiger partial charge in [-0.3, -0.25) is 4.79 Å². The first kappa shape index (κ1) is 27.9. The molecule has 0 unspecified atom stereocenters. The Labute approximate surface area is 239 Å². The first-order chi connectivity index (χ1) is 20.0. The van der Waals surface area contributed by atoms with Crippen LogP contribution in [0.3, 0.4) is 0 Å². The Morgan fingerprint density at radius 3 is 2.46 bits per heavy atom. The number of hydrogen-bond donors (Lipinski definition) is 1. The number of fused-ring (bicyclic) bond motifs is 1. The second kappa shape index (κ2) is 12.7. The van der Waals surface area contributed by atoms with Gasteiger partial charge in [-0.1, -0.05) is 54.6 Å². The van der Waals surface area contributed by atoms with Gasteiger partial charge in [0.25, 0.3) is 0 Å². The summed E-state index contributed by atoms with van der Waals surface area (Å²) in [6.45, 7) is 1.14. The van der Waals surface area contributed by atoms with E-state index >= 15 is 0 Å². The molecule has 0 saturated heterocycles. The number of carbonyl (C=O) groups is 2. The number of imidazole rings is 1. The molecule has 0 bridgehead atoms. The molecule has 1 aliphatic heterocycles. The van der Waals surface area contributed by atoms with Crippen molar-refractivity contribution < 1.29 is 23.8 Å². The van der Waals surface area contributed by atoms with Crippen molar-refractivity contribution in [3.63, 3.8) is 0 Å². The average Bonchev–Trinajstić information content (AvgIpc) is 3.28. The number of para-hydroxylation sites is 2. The Hall–Kier alpha value is -4.63. The second-order valence-electron chi connectivity index (χ2n) is 9.84. The van der Waals surface area contributed by atoms with Crippen molar-refractivity contribution in [3.8, 4) is 11.5 Å². The first-order valence-electron chi connectivity index (χ1n) is 13.5. The number of rotatable bonds is 10. The van der Waals surface area contributed by atoms with E-state index in [9.17, 15) is 9.59 Å². The second-order valence-corrected chi connectivity index (χ2v) is 9.84. The topological polar surface area (TPSA) is 94.9 Å². The zero-order valence-corrected chi connectivity index (χ0v) is 23.5. The van der Waals surface area contributed by atoms with Gasteiger partial charge in [0.2, 0.25) is 5.91 Å². The SMILES string of the molecule is COC(=O)c1nc(Cc2ccccc2)n(Cc2ccc(OC)cc2)c1CCN[C@H]1COc2ccccc2N(C)C1=O. The molecule has 5 rings (SSSR count). The highest BCUT2D eigenvalue weighted by molar-refractivity contribution is 5.98. The highest BCUT2D eigenvalue weighted by atomic mass is 16.5. The molecule has 41 heavy (non-hydrogen) atoms. The van der Waals surface area contributed by atoms with Gasteiger partial charge in [-0.15, -0.1) is 0 Å². The minimum absolute atomic E-state index is 0.0837. The Morgan fingerprint density at radius 2 is 1.73 bits per heavy atom. The number of benzene rings is 3. The monoisotopic (exact) mass is 554 g/mol. The van der Waals surface area contributed by atoms with Crippen LogP contribution < -0.4 is 19.7 Å². The summed E-state index contributed by atoms with van der Waals surface area (Å²) < 4.78 is 18.5. The Morgan fingerprint density at radius 1 is 1.00 bits per heavy atom. The predicted molar refractivity (Wildman–Crippen MR) is 156 cm³/mol. The summed E-state index contributed by atoms with van der Waals surface area (Å²) in [6.07, 6.45) is 0.995. The molecule has 0 saturated carbocycles. The number of anilines is 1. The maximum absolute atomic E-state index is 13.2. The van der Waals surface area contributed by atoms with Crippen LogP contribution in [0.25, 0.3) is 0 Å². The number of esters is 1. The molecule has 1 N–H and O–H groups in total. The van der Waals surface area contributed by atoms with Gasteiger partial charge in [0.15, 0.2) is 5.69 Å². The number of carbonyl (C=O) groups excluding carboxylic acids is 2. The summed E-state index contributed by atoms with van der Waals surface area (Å²) in [5.41, 5.74) is 3.87. The van der Waals surface area contributed by atoms with E-state index in [1.165, 1.54) is 7.11 Å². The van der Waals surface area contributed by atoms with Crippen molar-refractivity contribution in [2.75, 3.05) is 39.3 Å². The van der Waals surface area contributed by atoms with Crippen LogP contribution in [0.1, 0.15) is 33.1 Å². The number of amides is 1. The van der Waals surface area contributed by atoms with Crippen LogP contribution in [0.2, 0.25) is 0 Å². The van der Waals surface area contributed by atoms with Crippen LogP contribution in [-0.2, 0) is 28.9 Å². The highest BCUT2D eigenvalue weighted by Crippen LogP contribution is 2.30. The van der Waals surface area contributed by atoms with Crippen molar-refractivity contribution in [3.05, 3.63) is 107 Å². The number of methoxy groups -OCH3 is 2. The normalized spacial score (nSPS) is 14.7. The molecule has 0 spiro atoms. The molecule has 9 heteroatoms. The summed E-state index contributed by atoms with van der Waals surface area (Å²) in [5.74, 6) is 1.62. The van der Waals surface area contributed by atoms with Crippen molar-refractivity contribution in [2.24, 2.45) is 0 Å². The molecule has 2 heterocycles. The van der Waals surface area contributed by atoms with E-state index in [0.717, 1.165) is 34.1 Å². The molecule has 0 fully saturated rings. The molecule has 1 amide bonds. The van der Waals surface area contributed by atoms with E-state index in [0.29, 0.717) is 31.7 Å². The van der Waals surface area contributed by atoms with Gasteiger partial charge in [-0.2, -0.15) is 0 Å². The lowest BCUT2D eigenvalue weighted by Crippen LogP contribution is -2.47. The zero-order valence-electron chi connectivity index (χ0n) is 23.5. The maximum Gasteiger partial charge on any atom is 0.358 e. The number of nitrogens with one attached hydrogen (secondary N) is 1. The lowest BCUT2D eigenvalue weighted by atomic mass is 10.1. The molecule has 1 aliphatic rings. The van der Waals surface area contributed by atoms with E-state index < -0.39 is 12.0 Å². The summed E-state index contributed by atoms with van der Waals surface area (Å²) in [6, 6.07) is 24.8. The van der Waals surface area contributed by atoms with Crippen LogP contribution >= 0.6 is 0 Å². The fourth-order valence-corrected chi connectivity index (χ4v) is 5.03. The molecule has 1 atom stereocenters. The summed E-state index contributed by atoms with van der Waals surface area (Å²) >= 11 is 0. The first-order valence-corrected chi connectivity index (χ1v) is 13.5. The largest absolute Gasteiger partial charge is 0.497 e. The molecule has 212 valence electrons. The molecular formula is C32H34N4O5. The minimum Gasteiger partial charge on any atom is -0.497 e. The lowest BCUT2D eigenvalue weighted by Gasteiger charge is -2.20. The van der Waals surface area contributed by atoms with Gasteiger partial charge in [0.1, 0.15) is 30.0 Å². The molecule has 1 aromatic heterocycles. The Balaban J connectivity index is 1.42. The van der Waals surface area contributed by atoms with E-state index in [-0.39, 0.29) is 18.2 Å². The van der Waals surface area contributed by atoms with Crippen LogP contribution in [0.5, 0.6) is 11.5 Å². The van der Waals surface area contributed by atoms with Crippen LogP contribution in [0.15, 0.2) is 78.9 Å². The van der Waals surface area contributed by atoms with Gasteiger partial charge in [0, 0.05) is 33.0 Å². The fourth-order valence-electron chi connectivity index (χ4n) is 5.03. The number of likely N-dealkylation sites (N-methyl/N-ethyl adjacent to an activating group) is 1. The summed E-state index contributed by atoms with van der Waals surface area (Å²) in [5, 5.41) is 3.35. The fraction of sp³-hybridized carbons (Fsp3) is 0.281. The molecule has 9 nitrogen and oxygen atoms in total. The van der Waals surface area contributed by atoms with Gasteiger partial charge in [-0.25, -0.2) is 9.78 Å². The van der Waals surface area contributed by atoms with E-state index in [1.54, 1.807) is 19.1 Å². The number of ether oxygens (including phenoxy) is 3.